The van der Waals surface area contributed by atoms with E-state index in [9.17, 15) is 9.90 Å². The number of aromatic carboxylic acids is 1. The summed E-state index contributed by atoms with van der Waals surface area (Å²) in [4.78, 5) is 11.4. The summed E-state index contributed by atoms with van der Waals surface area (Å²) >= 11 is 0. The number of carboxylic acid groups (broad SMARTS) is 1. The first-order valence-corrected chi connectivity index (χ1v) is 11.2. The van der Waals surface area contributed by atoms with Gasteiger partial charge in [-0.2, -0.15) is 0 Å². The molecule has 1 saturated carbocycles. The molecule has 1 heterocycles. The molecule has 2 aliphatic carbocycles. The van der Waals surface area contributed by atoms with Gasteiger partial charge in [0.25, 0.3) is 0 Å². The number of benzene rings is 2. The topological polar surface area (TPSA) is 51.5 Å². The summed E-state index contributed by atoms with van der Waals surface area (Å²) in [7, 11) is 0. The summed E-state index contributed by atoms with van der Waals surface area (Å²) in [6.45, 7) is 0.593. The van der Waals surface area contributed by atoms with Crippen LogP contribution in [0.3, 0.4) is 0 Å². The maximum atomic E-state index is 11.4. The van der Waals surface area contributed by atoms with Crippen molar-refractivity contribution in [3.05, 3.63) is 77.9 Å². The molecule has 2 aliphatic rings. The molecule has 0 amide bonds. The van der Waals surface area contributed by atoms with Crippen LogP contribution in [0.15, 0.2) is 72.3 Å². The van der Waals surface area contributed by atoms with Crippen molar-refractivity contribution in [2.75, 3.05) is 6.61 Å². The van der Waals surface area contributed by atoms with Gasteiger partial charge in [-0.3, -0.25) is 0 Å². The van der Waals surface area contributed by atoms with Gasteiger partial charge in [0.05, 0.1) is 5.56 Å². The summed E-state index contributed by atoms with van der Waals surface area (Å²) in [5.74, 6) is -0.0261. The van der Waals surface area contributed by atoms with Crippen LogP contribution in [0.5, 0.6) is 5.75 Å². The van der Waals surface area contributed by atoms with E-state index in [1.807, 2.05) is 18.2 Å². The largest absolute Gasteiger partial charge is 0.489 e. The van der Waals surface area contributed by atoms with Crippen LogP contribution in [0.25, 0.3) is 22.2 Å². The molecule has 4 heteroatoms. The number of rotatable bonds is 6. The highest BCUT2D eigenvalue weighted by Crippen LogP contribution is 2.39. The molecule has 0 spiro atoms. The molecular formula is C27H27NO3. The number of allylic oxidation sites excluding steroid dienone is 2. The summed E-state index contributed by atoms with van der Waals surface area (Å²) in [5.41, 5.74) is 4.95. The molecule has 0 aliphatic heterocycles. The highest BCUT2D eigenvalue weighted by molar-refractivity contribution is 5.95. The molecule has 3 aromatic rings. The molecule has 4 nitrogen and oxygen atoms in total. The highest BCUT2D eigenvalue weighted by Gasteiger charge is 2.22. The van der Waals surface area contributed by atoms with E-state index in [0.717, 1.165) is 40.8 Å². The monoisotopic (exact) mass is 413 g/mol. The van der Waals surface area contributed by atoms with Crippen molar-refractivity contribution in [2.45, 2.75) is 44.6 Å². The molecule has 1 N–H and O–H groups in total. The van der Waals surface area contributed by atoms with Gasteiger partial charge in [0.15, 0.2) is 0 Å². The van der Waals surface area contributed by atoms with Crippen LogP contribution in [0.1, 0.15) is 54.9 Å². The number of hydrogen-bond acceptors (Lipinski definition) is 2. The number of aromatic nitrogens is 1. The van der Waals surface area contributed by atoms with Crippen LogP contribution < -0.4 is 4.74 Å². The first kappa shape index (κ1) is 19.7. The molecule has 1 aromatic heterocycles. The Labute approximate surface area is 182 Å². The first-order valence-electron chi connectivity index (χ1n) is 11.2. The smallest absolute Gasteiger partial charge is 0.335 e. The first-order chi connectivity index (χ1) is 15.2. The number of fused-ring (bicyclic) bond motifs is 1. The number of ether oxygens (including phenoxy) is 1. The molecule has 31 heavy (non-hydrogen) atoms. The molecular weight excluding hydrogens is 386 g/mol. The zero-order valence-corrected chi connectivity index (χ0v) is 17.6. The average molecular weight is 414 g/mol. The lowest BCUT2D eigenvalue weighted by Crippen LogP contribution is -2.06. The van der Waals surface area contributed by atoms with Crippen molar-refractivity contribution in [1.82, 2.24) is 4.57 Å². The van der Waals surface area contributed by atoms with Crippen molar-refractivity contribution in [3.63, 3.8) is 0 Å². The van der Waals surface area contributed by atoms with E-state index in [2.05, 4.69) is 41.0 Å². The Balaban J connectivity index is 1.46. The van der Waals surface area contributed by atoms with Gasteiger partial charge in [0.1, 0.15) is 12.4 Å². The van der Waals surface area contributed by atoms with E-state index >= 15 is 0 Å². The van der Waals surface area contributed by atoms with Crippen LogP contribution in [0.2, 0.25) is 0 Å². The Morgan fingerprint density at radius 1 is 1.03 bits per heavy atom. The lowest BCUT2D eigenvalue weighted by Gasteiger charge is -2.18. The predicted molar refractivity (Wildman–Crippen MR) is 124 cm³/mol. The second-order valence-corrected chi connectivity index (χ2v) is 8.49. The predicted octanol–water partition coefficient (Wildman–Crippen LogP) is 6.78. The molecule has 2 aromatic carbocycles. The molecule has 0 unspecified atom stereocenters. The van der Waals surface area contributed by atoms with Gasteiger partial charge < -0.3 is 14.4 Å². The maximum Gasteiger partial charge on any atom is 0.335 e. The van der Waals surface area contributed by atoms with Gasteiger partial charge in [-0.15, -0.1) is 0 Å². The molecule has 5 rings (SSSR count). The zero-order valence-electron chi connectivity index (χ0n) is 17.6. The van der Waals surface area contributed by atoms with Crippen molar-refractivity contribution in [2.24, 2.45) is 0 Å². The molecule has 1 fully saturated rings. The third kappa shape index (κ3) is 4.02. The second kappa shape index (κ2) is 8.46. The van der Waals surface area contributed by atoms with Gasteiger partial charge in [-0.05, 0) is 85.4 Å². The van der Waals surface area contributed by atoms with E-state index < -0.39 is 5.97 Å². The number of hydrogen-bond donors (Lipinski definition) is 1. The Morgan fingerprint density at radius 3 is 2.55 bits per heavy atom. The minimum absolute atomic E-state index is 0.331. The summed E-state index contributed by atoms with van der Waals surface area (Å²) in [6.07, 6.45) is 13.6. The fraction of sp³-hybridized carbons (Fsp3) is 0.296. The normalized spacial score (nSPS) is 16.6. The van der Waals surface area contributed by atoms with Crippen molar-refractivity contribution in [3.8, 4) is 17.0 Å². The van der Waals surface area contributed by atoms with Crippen LogP contribution >= 0.6 is 0 Å². The highest BCUT2D eigenvalue weighted by atomic mass is 16.5. The van der Waals surface area contributed by atoms with Crippen LogP contribution in [0.4, 0.5) is 0 Å². The van der Waals surface area contributed by atoms with E-state index in [4.69, 9.17) is 4.74 Å². The fourth-order valence-corrected chi connectivity index (χ4v) is 4.81. The van der Waals surface area contributed by atoms with E-state index in [0.29, 0.717) is 18.2 Å². The maximum absolute atomic E-state index is 11.4. The number of carboxylic acids is 1. The van der Waals surface area contributed by atoms with E-state index in [-0.39, 0.29) is 0 Å². The summed E-state index contributed by atoms with van der Waals surface area (Å²) in [5, 5.41) is 10.4. The Bertz CT molecular complexity index is 1160. The van der Waals surface area contributed by atoms with Gasteiger partial charge >= 0.3 is 5.97 Å². The minimum Gasteiger partial charge on any atom is -0.489 e. The minimum atomic E-state index is -0.888. The molecule has 0 bridgehead atoms. The molecule has 158 valence electrons. The number of carbonyl (C=O) groups is 1. The summed E-state index contributed by atoms with van der Waals surface area (Å²) < 4.78 is 8.39. The third-order valence-electron chi connectivity index (χ3n) is 6.40. The molecule has 0 radical (unpaired) electrons. The Kier molecular flexibility index (Phi) is 5.37. The number of nitrogens with zero attached hydrogens (tertiary/aromatic N) is 1. The standard InChI is InChI=1S/C27H27NO3/c29-27(30)21-12-15-25-22(16-21)17-26(28(25)23-8-4-5-9-23)20-10-13-24(14-11-20)31-18-19-6-2-1-3-7-19/h2,6-7,10-17,23H,1,3-5,8-9,18H2,(H,29,30). The Morgan fingerprint density at radius 2 is 1.84 bits per heavy atom. The SMILES string of the molecule is O=C(O)c1ccc2c(c1)cc(-c1ccc(OCC3=CCCC=C3)cc1)n2C1CCCC1. The van der Waals surface area contributed by atoms with Gasteiger partial charge in [0.2, 0.25) is 0 Å². The van der Waals surface area contributed by atoms with Gasteiger partial charge in [-0.1, -0.05) is 31.1 Å². The van der Waals surface area contributed by atoms with Crippen molar-refractivity contribution in [1.29, 1.82) is 0 Å². The third-order valence-corrected chi connectivity index (χ3v) is 6.40. The van der Waals surface area contributed by atoms with E-state index in [1.54, 1.807) is 12.1 Å². The van der Waals surface area contributed by atoms with Crippen LogP contribution in [-0.4, -0.2) is 22.2 Å². The van der Waals surface area contributed by atoms with E-state index in [1.165, 1.54) is 31.3 Å². The van der Waals surface area contributed by atoms with Crippen LogP contribution in [0, 0.1) is 0 Å². The quantitative estimate of drug-likeness (QED) is 0.485. The molecule has 0 atom stereocenters. The fourth-order valence-electron chi connectivity index (χ4n) is 4.81. The molecule has 0 saturated heterocycles. The zero-order chi connectivity index (χ0) is 21.2. The van der Waals surface area contributed by atoms with Gasteiger partial charge in [0, 0.05) is 22.6 Å². The Hall–Kier alpha value is -3.27. The van der Waals surface area contributed by atoms with Gasteiger partial charge in [-0.25, -0.2) is 4.79 Å². The summed E-state index contributed by atoms with van der Waals surface area (Å²) in [6, 6.07) is 16.3. The lowest BCUT2D eigenvalue weighted by atomic mass is 10.1. The average Bonchev–Trinajstić information content (AvgIpc) is 3.46. The van der Waals surface area contributed by atoms with Crippen molar-refractivity contribution < 1.29 is 14.6 Å². The second-order valence-electron chi connectivity index (χ2n) is 8.49. The lowest BCUT2D eigenvalue weighted by molar-refractivity contribution is 0.0697. The van der Waals surface area contributed by atoms with Crippen LogP contribution in [-0.2, 0) is 0 Å². The van der Waals surface area contributed by atoms with Crippen molar-refractivity contribution >= 4 is 16.9 Å².